The van der Waals surface area contributed by atoms with Gasteiger partial charge in [0.05, 0.1) is 5.92 Å². The van der Waals surface area contributed by atoms with Gasteiger partial charge in [-0.05, 0) is 30.9 Å². The lowest BCUT2D eigenvalue weighted by molar-refractivity contribution is -0.142. The fourth-order valence-electron chi connectivity index (χ4n) is 2.10. The quantitative estimate of drug-likeness (QED) is 0.682. The van der Waals surface area contributed by atoms with E-state index >= 15 is 0 Å². The van der Waals surface area contributed by atoms with Crippen LogP contribution < -0.4 is 0 Å². The zero-order chi connectivity index (χ0) is 14.1. The number of aliphatic hydroxyl groups excluding tert-OH is 1. The largest absolute Gasteiger partial charge is 0.481 e. The molecule has 2 N–H and O–H groups in total. The summed E-state index contributed by atoms with van der Waals surface area (Å²) in [5.74, 6) is -1.14. The van der Waals surface area contributed by atoms with Crippen LogP contribution in [0.3, 0.4) is 0 Å². The molecule has 0 spiro atoms. The molecule has 0 aliphatic heterocycles. The number of aliphatic hydroxyl groups is 1. The number of unbranched alkanes of at least 4 members (excludes halogenated alkanes) is 3. The standard InChI is InChI=1S/C15H21ClO3/c16-14-9-5-4-7-12(14)11-13(15(18)19)8-3-1-2-6-10-17/h4-5,7,9,13,17H,1-3,6,8,10-11H2,(H,18,19). The van der Waals surface area contributed by atoms with Crippen molar-refractivity contribution in [2.45, 2.75) is 38.5 Å². The monoisotopic (exact) mass is 284 g/mol. The van der Waals surface area contributed by atoms with Crippen LogP contribution in [-0.4, -0.2) is 22.8 Å². The molecule has 1 atom stereocenters. The first-order valence-electron chi connectivity index (χ1n) is 6.72. The van der Waals surface area contributed by atoms with E-state index in [1.807, 2.05) is 18.2 Å². The molecule has 1 rings (SSSR count). The van der Waals surface area contributed by atoms with E-state index < -0.39 is 5.97 Å². The number of carbonyl (C=O) groups is 1. The Hall–Kier alpha value is -1.06. The first-order valence-corrected chi connectivity index (χ1v) is 7.10. The Kier molecular flexibility index (Phi) is 7.53. The highest BCUT2D eigenvalue weighted by Crippen LogP contribution is 2.22. The van der Waals surface area contributed by atoms with Crippen molar-refractivity contribution in [3.63, 3.8) is 0 Å². The molecule has 3 nitrogen and oxygen atoms in total. The number of hydrogen-bond donors (Lipinski definition) is 2. The number of carboxylic acid groups (broad SMARTS) is 1. The van der Waals surface area contributed by atoms with Crippen LogP contribution in [0.2, 0.25) is 5.02 Å². The van der Waals surface area contributed by atoms with Crippen molar-refractivity contribution < 1.29 is 15.0 Å². The van der Waals surface area contributed by atoms with Crippen molar-refractivity contribution in [3.05, 3.63) is 34.9 Å². The van der Waals surface area contributed by atoms with E-state index in [0.717, 1.165) is 31.2 Å². The second-order valence-corrected chi connectivity index (χ2v) is 5.16. The van der Waals surface area contributed by atoms with Gasteiger partial charge < -0.3 is 10.2 Å². The maximum absolute atomic E-state index is 11.3. The maximum Gasteiger partial charge on any atom is 0.306 e. The molecule has 0 aliphatic carbocycles. The highest BCUT2D eigenvalue weighted by molar-refractivity contribution is 6.31. The molecule has 0 fully saturated rings. The van der Waals surface area contributed by atoms with E-state index in [0.29, 0.717) is 17.9 Å². The van der Waals surface area contributed by atoms with Crippen molar-refractivity contribution >= 4 is 17.6 Å². The lowest BCUT2D eigenvalue weighted by Gasteiger charge is -2.13. The minimum atomic E-state index is -0.762. The van der Waals surface area contributed by atoms with Gasteiger partial charge in [0.25, 0.3) is 0 Å². The molecule has 0 heterocycles. The van der Waals surface area contributed by atoms with Crippen LogP contribution >= 0.6 is 11.6 Å². The minimum absolute atomic E-state index is 0.210. The number of aliphatic carboxylic acids is 1. The van der Waals surface area contributed by atoms with Crippen molar-refractivity contribution in [1.29, 1.82) is 0 Å². The molecule has 0 amide bonds. The number of benzene rings is 1. The van der Waals surface area contributed by atoms with Gasteiger partial charge in [-0.2, -0.15) is 0 Å². The number of halogens is 1. The fraction of sp³-hybridized carbons (Fsp3) is 0.533. The highest BCUT2D eigenvalue weighted by Gasteiger charge is 2.18. The van der Waals surface area contributed by atoms with Gasteiger partial charge in [-0.15, -0.1) is 0 Å². The number of carboxylic acids is 1. The molecule has 0 saturated carbocycles. The summed E-state index contributed by atoms with van der Waals surface area (Å²) in [6.45, 7) is 0.210. The molecule has 0 radical (unpaired) electrons. The van der Waals surface area contributed by atoms with Gasteiger partial charge in [0.15, 0.2) is 0 Å². The van der Waals surface area contributed by atoms with E-state index in [9.17, 15) is 9.90 Å². The average Bonchev–Trinajstić information content (AvgIpc) is 2.39. The van der Waals surface area contributed by atoms with Gasteiger partial charge in [0, 0.05) is 11.6 Å². The number of hydrogen-bond acceptors (Lipinski definition) is 2. The summed E-state index contributed by atoms with van der Waals surface area (Å²) < 4.78 is 0. The molecule has 19 heavy (non-hydrogen) atoms. The fourth-order valence-corrected chi connectivity index (χ4v) is 2.31. The Balaban J connectivity index is 2.45. The van der Waals surface area contributed by atoms with Crippen LogP contribution in [0.4, 0.5) is 0 Å². The van der Waals surface area contributed by atoms with E-state index in [4.69, 9.17) is 16.7 Å². The predicted molar refractivity (Wildman–Crippen MR) is 76.5 cm³/mol. The Morgan fingerprint density at radius 3 is 2.47 bits per heavy atom. The molecule has 106 valence electrons. The average molecular weight is 285 g/mol. The third-order valence-corrected chi connectivity index (χ3v) is 3.60. The molecule has 0 aliphatic rings. The number of rotatable bonds is 9. The zero-order valence-corrected chi connectivity index (χ0v) is 11.8. The molecule has 1 aromatic carbocycles. The zero-order valence-electron chi connectivity index (χ0n) is 11.0. The maximum atomic E-state index is 11.3. The van der Waals surface area contributed by atoms with Crippen LogP contribution in [0.5, 0.6) is 0 Å². The van der Waals surface area contributed by atoms with Gasteiger partial charge in [0.1, 0.15) is 0 Å². The van der Waals surface area contributed by atoms with E-state index in [1.54, 1.807) is 6.07 Å². The third kappa shape index (κ3) is 6.08. The molecule has 4 heteroatoms. The first-order chi connectivity index (χ1) is 9.15. The Bertz CT molecular complexity index is 393. The summed E-state index contributed by atoms with van der Waals surface area (Å²) in [5, 5.41) is 18.6. The summed E-state index contributed by atoms with van der Waals surface area (Å²) in [6.07, 6.45) is 4.73. The minimum Gasteiger partial charge on any atom is -0.481 e. The van der Waals surface area contributed by atoms with Gasteiger partial charge >= 0.3 is 5.97 Å². The second-order valence-electron chi connectivity index (χ2n) is 4.76. The summed E-state index contributed by atoms with van der Waals surface area (Å²) in [4.78, 5) is 11.3. The summed E-state index contributed by atoms with van der Waals surface area (Å²) >= 11 is 6.05. The Morgan fingerprint density at radius 1 is 1.16 bits per heavy atom. The molecule has 1 unspecified atom stereocenters. The van der Waals surface area contributed by atoms with Crippen molar-refractivity contribution in [2.75, 3.05) is 6.61 Å². The summed E-state index contributed by atoms with van der Waals surface area (Å²) in [6, 6.07) is 7.39. The van der Waals surface area contributed by atoms with Crippen molar-refractivity contribution in [1.82, 2.24) is 0 Å². The van der Waals surface area contributed by atoms with E-state index in [1.165, 1.54) is 0 Å². The van der Waals surface area contributed by atoms with Gasteiger partial charge in [0.2, 0.25) is 0 Å². The molecule has 1 aromatic rings. The topological polar surface area (TPSA) is 57.5 Å². The third-order valence-electron chi connectivity index (χ3n) is 3.23. The first kappa shape index (κ1) is 16.0. The van der Waals surface area contributed by atoms with Crippen LogP contribution in [0.15, 0.2) is 24.3 Å². The van der Waals surface area contributed by atoms with Gasteiger partial charge in [-0.25, -0.2) is 0 Å². The Morgan fingerprint density at radius 2 is 1.84 bits per heavy atom. The smallest absolute Gasteiger partial charge is 0.306 e. The normalized spacial score (nSPS) is 12.3. The van der Waals surface area contributed by atoms with Crippen LogP contribution in [0.1, 0.15) is 37.7 Å². The van der Waals surface area contributed by atoms with Crippen molar-refractivity contribution in [2.24, 2.45) is 5.92 Å². The van der Waals surface area contributed by atoms with Crippen LogP contribution in [0.25, 0.3) is 0 Å². The molecule has 0 aromatic heterocycles. The molecule has 0 saturated heterocycles. The van der Waals surface area contributed by atoms with Crippen molar-refractivity contribution in [3.8, 4) is 0 Å². The van der Waals surface area contributed by atoms with E-state index in [2.05, 4.69) is 0 Å². The lowest BCUT2D eigenvalue weighted by atomic mass is 9.93. The summed E-state index contributed by atoms with van der Waals surface area (Å²) in [7, 11) is 0. The molecule has 0 bridgehead atoms. The van der Waals surface area contributed by atoms with Gasteiger partial charge in [-0.1, -0.05) is 49.1 Å². The lowest BCUT2D eigenvalue weighted by Crippen LogP contribution is -2.16. The predicted octanol–water partition coefficient (Wildman–Crippen LogP) is 3.53. The molecular formula is C15H21ClO3. The second kappa shape index (κ2) is 8.94. The summed E-state index contributed by atoms with van der Waals surface area (Å²) in [5.41, 5.74) is 0.895. The van der Waals surface area contributed by atoms with Crippen LogP contribution in [-0.2, 0) is 11.2 Å². The van der Waals surface area contributed by atoms with E-state index in [-0.39, 0.29) is 12.5 Å². The SMILES string of the molecule is O=C(O)C(CCCCCCO)Cc1ccccc1Cl. The van der Waals surface area contributed by atoms with Crippen LogP contribution in [0, 0.1) is 5.92 Å². The highest BCUT2D eigenvalue weighted by atomic mass is 35.5. The Labute approximate surface area is 119 Å². The molecular weight excluding hydrogens is 264 g/mol. The van der Waals surface area contributed by atoms with Gasteiger partial charge in [-0.3, -0.25) is 4.79 Å².